The van der Waals surface area contributed by atoms with Crippen molar-refractivity contribution in [3.63, 3.8) is 0 Å². The van der Waals surface area contributed by atoms with Gasteiger partial charge in [0.1, 0.15) is 5.82 Å². The first-order chi connectivity index (χ1) is 9.67. The van der Waals surface area contributed by atoms with Gasteiger partial charge in [-0.25, -0.2) is 9.97 Å². The molecule has 0 radical (unpaired) electrons. The van der Waals surface area contributed by atoms with Crippen molar-refractivity contribution in [3.05, 3.63) is 23.4 Å². The molecule has 2 aromatic heterocycles. The molecule has 2 heterocycles. The zero-order valence-electron chi connectivity index (χ0n) is 12.6. The third-order valence-electron chi connectivity index (χ3n) is 2.94. The first-order valence-electron chi connectivity index (χ1n) is 7.22. The number of hydrogen-bond acceptors (Lipinski definition) is 5. The lowest BCUT2D eigenvalue weighted by molar-refractivity contribution is 0.763. The minimum Gasteiger partial charge on any atom is -0.354 e. The Morgan fingerprint density at radius 1 is 1.10 bits per heavy atom. The quantitative estimate of drug-likeness (QED) is 0.875. The number of rotatable bonds is 6. The fraction of sp³-hybridized carbons (Fsp3) is 0.571. The van der Waals surface area contributed by atoms with E-state index in [2.05, 4.69) is 46.1 Å². The van der Waals surface area contributed by atoms with Crippen LogP contribution in [0.2, 0.25) is 0 Å². The van der Waals surface area contributed by atoms with E-state index in [9.17, 15) is 0 Å². The molecular formula is C14H22N6. The molecule has 0 aromatic carbocycles. The van der Waals surface area contributed by atoms with E-state index in [1.54, 1.807) is 0 Å². The van der Waals surface area contributed by atoms with Crippen LogP contribution in [0.5, 0.6) is 0 Å². The summed E-state index contributed by atoms with van der Waals surface area (Å²) in [7, 11) is 0. The number of hydrogen-bond donors (Lipinski definition) is 1. The monoisotopic (exact) mass is 274 g/mol. The molecule has 2 rings (SSSR count). The van der Waals surface area contributed by atoms with Crippen LogP contribution in [0.15, 0.2) is 6.07 Å². The van der Waals surface area contributed by atoms with Crippen molar-refractivity contribution in [2.75, 3.05) is 11.9 Å². The van der Waals surface area contributed by atoms with Gasteiger partial charge in [-0.2, -0.15) is 9.67 Å². The summed E-state index contributed by atoms with van der Waals surface area (Å²) in [4.78, 5) is 13.4. The highest BCUT2D eigenvalue weighted by Crippen LogP contribution is 2.12. The summed E-state index contributed by atoms with van der Waals surface area (Å²) >= 11 is 0. The van der Waals surface area contributed by atoms with E-state index in [4.69, 9.17) is 0 Å². The maximum atomic E-state index is 4.54. The number of nitrogens with one attached hydrogen (secondary N) is 1. The highest BCUT2D eigenvalue weighted by Gasteiger charge is 2.12. The summed E-state index contributed by atoms with van der Waals surface area (Å²) in [6.45, 7) is 9.07. The van der Waals surface area contributed by atoms with Crippen molar-refractivity contribution >= 4 is 5.95 Å². The summed E-state index contributed by atoms with van der Waals surface area (Å²) in [5, 5.41) is 7.74. The van der Waals surface area contributed by atoms with E-state index in [1.165, 1.54) is 0 Å². The van der Waals surface area contributed by atoms with Crippen LogP contribution in [-0.4, -0.2) is 31.3 Å². The van der Waals surface area contributed by atoms with Gasteiger partial charge in [0.15, 0.2) is 11.6 Å². The Labute approximate surface area is 119 Å². The fourth-order valence-corrected chi connectivity index (χ4v) is 1.93. The average Bonchev–Trinajstić information content (AvgIpc) is 2.88. The minimum atomic E-state index is 0.650. The molecule has 20 heavy (non-hydrogen) atoms. The van der Waals surface area contributed by atoms with Gasteiger partial charge in [-0.05, 0) is 13.3 Å². The molecular weight excluding hydrogens is 252 g/mol. The predicted molar refractivity (Wildman–Crippen MR) is 79.2 cm³/mol. The summed E-state index contributed by atoms with van der Waals surface area (Å²) < 4.78 is 1.82. The largest absolute Gasteiger partial charge is 0.354 e. The van der Waals surface area contributed by atoms with Gasteiger partial charge < -0.3 is 5.32 Å². The van der Waals surface area contributed by atoms with Crippen molar-refractivity contribution in [1.82, 2.24) is 24.7 Å². The molecule has 0 unspecified atom stereocenters. The average molecular weight is 274 g/mol. The van der Waals surface area contributed by atoms with Crippen LogP contribution >= 0.6 is 0 Å². The Bertz CT molecular complexity index is 575. The molecule has 0 bridgehead atoms. The molecule has 1 N–H and O–H groups in total. The number of anilines is 1. The Hall–Kier alpha value is -1.98. The first-order valence-corrected chi connectivity index (χ1v) is 7.22. The van der Waals surface area contributed by atoms with Crippen molar-refractivity contribution < 1.29 is 0 Å². The lowest BCUT2D eigenvalue weighted by atomic mass is 10.4. The summed E-state index contributed by atoms with van der Waals surface area (Å²) in [6, 6.07) is 1.93. The second-order valence-corrected chi connectivity index (χ2v) is 4.68. The van der Waals surface area contributed by atoms with Crippen LogP contribution in [0.1, 0.15) is 44.5 Å². The molecule has 0 aliphatic heterocycles. The lowest BCUT2D eigenvalue weighted by Gasteiger charge is -2.08. The molecule has 0 spiro atoms. The van der Waals surface area contributed by atoms with Crippen molar-refractivity contribution in [3.8, 4) is 5.82 Å². The number of aryl methyl sites for hydroxylation is 3. The van der Waals surface area contributed by atoms with Crippen LogP contribution in [0, 0.1) is 6.92 Å². The Morgan fingerprint density at radius 2 is 1.90 bits per heavy atom. The van der Waals surface area contributed by atoms with Gasteiger partial charge in [-0.3, -0.25) is 0 Å². The number of nitrogens with zero attached hydrogens (tertiary/aromatic N) is 5. The van der Waals surface area contributed by atoms with Gasteiger partial charge in [-0.1, -0.05) is 20.8 Å². The van der Waals surface area contributed by atoms with E-state index in [0.717, 1.165) is 49.0 Å². The Balaban J connectivity index is 2.40. The third-order valence-corrected chi connectivity index (χ3v) is 2.94. The maximum Gasteiger partial charge on any atom is 0.224 e. The molecule has 0 aliphatic carbocycles. The van der Waals surface area contributed by atoms with E-state index < -0.39 is 0 Å². The van der Waals surface area contributed by atoms with Gasteiger partial charge in [-0.15, -0.1) is 5.10 Å². The zero-order valence-corrected chi connectivity index (χ0v) is 12.6. The van der Waals surface area contributed by atoms with E-state index >= 15 is 0 Å². The molecule has 6 heteroatoms. The zero-order chi connectivity index (χ0) is 14.5. The van der Waals surface area contributed by atoms with Gasteiger partial charge in [0.25, 0.3) is 0 Å². The summed E-state index contributed by atoms with van der Waals surface area (Å²) in [6.07, 6.45) is 2.69. The second kappa shape index (κ2) is 6.45. The van der Waals surface area contributed by atoms with Crippen LogP contribution in [0.3, 0.4) is 0 Å². The summed E-state index contributed by atoms with van der Waals surface area (Å²) in [5.74, 6) is 3.21. The standard InChI is InChI=1S/C14H22N6/c1-5-8-15-14-16-10(4)9-13(18-14)20-12(7-3)17-11(6-2)19-20/h9H,5-8H2,1-4H3,(H,15,16,18). The van der Waals surface area contributed by atoms with Gasteiger partial charge >= 0.3 is 0 Å². The molecule has 2 aromatic rings. The Kier molecular flexibility index (Phi) is 4.65. The van der Waals surface area contributed by atoms with Crippen LogP contribution in [0.25, 0.3) is 5.82 Å². The molecule has 0 fully saturated rings. The molecule has 6 nitrogen and oxygen atoms in total. The smallest absolute Gasteiger partial charge is 0.224 e. The molecule has 0 amide bonds. The molecule has 0 aliphatic rings. The predicted octanol–water partition coefficient (Wildman–Crippen LogP) is 2.31. The highest BCUT2D eigenvalue weighted by atomic mass is 15.4. The topological polar surface area (TPSA) is 68.5 Å². The van der Waals surface area contributed by atoms with Crippen LogP contribution < -0.4 is 5.32 Å². The van der Waals surface area contributed by atoms with Gasteiger partial charge in [0.2, 0.25) is 5.95 Å². The SMILES string of the molecule is CCCNc1nc(C)cc(-n2nc(CC)nc2CC)n1. The van der Waals surface area contributed by atoms with E-state index in [0.29, 0.717) is 5.95 Å². The second-order valence-electron chi connectivity index (χ2n) is 4.68. The van der Waals surface area contributed by atoms with Gasteiger partial charge in [0, 0.05) is 31.1 Å². The van der Waals surface area contributed by atoms with Crippen LogP contribution in [-0.2, 0) is 12.8 Å². The van der Waals surface area contributed by atoms with Crippen molar-refractivity contribution in [2.24, 2.45) is 0 Å². The Morgan fingerprint density at radius 3 is 2.55 bits per heavy atom. The lowest BCUT2D eigenvalue weighted by Crippen LogP contribution is -2.10. The minimum absolute atomic E-state index is 0.650. The maximum absolute atomic E-state index is 4.54. The fourth-order valence-electron chi connectivity index (χ4n) is 1.93. The highest BCUT2D eigenvalue weighted by molar-refractivity contribution is 5.35. The van der Waals surface area contributed by atoms with Crippen molar-refractivity contribution in [1.29, 1.82) is 0 Å². The molecule has 0 atom stereocenters. The molecule has 0 saturated carbocycles. The van der Waals surface area contributed by atoms with Crippen molar-refractivity contribution in [2.45, 2.75) is 47.0 Å². The number of aromatic nitrogens is 5. The normalized spacial score (nSPS) is 10.8. The van der Waals surface area contributed by atoms with Gasteiger partial charge in [0.05, 0.1) is 0 Å². The molecule has 0 saturated heterocycles. The summed E-state index contributed by atoms with van der Waals surface area (Å²) in [5.41, 5.74) is 0.921. The molecule has 108 valence electrons. The van der Waals surface area contributed by atoms with E-state index in [-0.39, 0.29) is 0 Å². The first kappa shape index (κ1) is 14.4. The van der Waals surface area contributed by atoms with Crippen LogP contribution in [0.4, 0.5) is 5.95 Å². The van der Waals surface area contributed by atoms with E-state index in [1.807, 2.05) is 17.7 Å². The third kappa shape index (κ3) is 3.12.